The number of hydrogen-bond acceptors (Lipinski definition) is 2. The number of nitrogen functional groups attached to an aromatic ring is 1. The monoisotopic (exact) mass is 335 g/mol. The second-order valence-corrected chi connectivity index (χ2v) is 5.61. The van der Waals surface area contributed by atoms with Crippen LogP contribution in [-0.4, -0.2) is 9.55 Å². The van der Waals surface area contributed by atoms with Crippen LogP contribution >= 0.6 is 27.5 Å². The molecule has 1 aromatic heterocycles. The maximum atomic E-state index is 6.15. The van der Waals surface area contributed by atoms with Gasteiger partial charge in [0.2, 0.25) is 5.95 Å². The third-order valence-electron chi connectivity index (χ3n) is 3.06. The van der Waals surface area contributed by atoms with Gasteiger partial charge in [0.25, 0.3) is 0 Å². The molecule has 0 amide bonds. The van der Waals surface area contributed by atoms with Crippen molar-refractivity contribution in [3.05, 3.63) is 51.5 Å². The van der Waals surface area contributed by atoms with Gasteiger partial charge in [-0.3, -0.25) is 4.57 Å². The maximum absolute atomic E-state index is 6.15. The van der Waals surface area contributed by atoms with Crippen molar-refractivity contribution in [2.24, 2.45) is 0 Å². The van der Waals surface area contributed by atoms with Gasteiger partial charge < -0.3 is 5.73 Å². The van der Waals surface area contributed by atoms with Crippen LogP contribution in [0.4, 0.5) is 5.95 Å². The van der Waals surface area contributed by atoms with Crippen molar-refractivity contribution in [1.29, 1.82) is 0 Å². The number of para-hydroxylation sites is 1. The topological polar surface area (TPSA) is 43.8 Å². The standard InChI is InChI=1S/C14H11BrClN3/c1-8-7-9(5-6-10(8)15)19-12-4-2-3-11(16)13(12)18-14(19)17/h2-7H,1H3,(H2,17,18). The largest absolute Gasteiger partial charge is 0.369 e. The van der Waals surface area contributed by atoms with E-state index in [4.69, 9.17) is 17.3 Å². The molecule has 19 heavy (non-hydrogen) atoms. The zero-order chi connectivity index (χ0) is 13.6. The summed E-state index contributed by atoms with van der Waals surface area (Å²) in [4.78, 5) is 4.34. The van der Waals surface area contributed by atoms with E-state index in [-0.39, 0.29) is 0 Å². The summed E-state index contributed by atoms with van der Waals surface area (Å²) in [5.41, 5.74) is 9.77. The number of hydrogen-bond donors (Lipinski definition) is 1. The Morgan fingerprint density at radius 2 is 2.05 bits per heavy atom. The van der Waals surface area contributed by atoms with E-state index in [1.165, 1.54) is 0 Å². The van der Waals surface area contributed by atoms with E-state index in [0.29, 0.717) is 11.0 Å². The molecule has 5 heteroatoms. The Hall–Kier alpha value is -1.52. The molecule has 3 aromatic rings. The summed E-state index contributed by atoms with van der Waals surface area (Å²) in [5, 5.41) is 0.608. The van der Waals surface area contributed by atoms with Crippen LogP contribution in [0.5, 0.6) is 0 Å². The lowest BCUT2D eigenvalue weighted by molar-refractivity contribution is 1.10. The fraction of sp³-hybridized carbons (Fsp3) is 0.0714. The number of anilines is 1. The van der Waals surface area contributed by atoms with Crippen LogP contribution in [0.2, 0.25) is 5.02 Å². The number of imidazole rings is 1. The summed E-state index contributed by atoms with van der Waals surface area (Å²) in [6.07, 6.45) is 0. The van der Waals surface area contributed by atoms with Gasteiger partial charge in [-0.05, 0) is 42.8 Å². The van der Waals surface area contributed by atoms with Gasteiger partial charge in [0.05, 0.1) is 10.5 Å². The predicted octanol–water partition coefficient (Wildman–Crippen LogP) is 4.33. The summed E-state index contributed by atoms with van der Waals surface area (Å²) in [6, 6.07) is 11.7. The third-order valence-corrected chi connectivity index (χ3v) is 4.26. The molecule has 0 atom stereocenters. The Morgan fingerprint density at radius 1 is 1.26 bits per heavy atom. The van der Waals surface area contributed by atoms with Gasteiger partial charge in [0.1, 0.15) is 5.52 Å². The molecule has 0 unspecified atom stereocenters. The minimum absolute atomic E-state index is 0.435. The Labute approximate surface area is 124 Å². The molecule has 0 fully saturated rings. The first-order valence-corrected chi connectivity index (χ1v) is 6.94. The van der Waals surface area contributed by atoms with Gasteiger partial charge in [0.15, 0.2) is 0 Å². The van der Waals surface area contributed by atoms with Crippen LogP contribution in [-0.2, 0) is 0 Å². The predicted molar refractivity (Wildman–Crippen MR) is 82.9 cm³/mol. The highest BCUT2D eigenvalue weighted by Gasteiger charge is 2.12. The molecule has 3 rings (SSSR count). The van der Waals surface area contributed by atoms with Gasteiger partial charge in [-0.1, -0.05) is 33.6 Å². The first-order valence-electron chi connectivity index (χ1n) is 5.77. The summed E-state index contributed by atoms with van der Waals surface area (Å²) in [6.45, 7) is 2.04. The highest BCUT2D eigenvalue weighted by Crippen LogP contribution is 2.29. The van der Waals surface area contributed by atoms with E-state index >= 15 is 0 Å². The van der Waals surface area contributed by atoms with Crippen molar-refractivity contribution < 1.29 is 0 Å². The Kier molecular flexibility index (Phi) is 2.99. The van der Waals surface area contributed by atoms with Crippen LogP contribution in [0.3, 0.4) is 0 Å². The number of rotatable bonds is 1. The minimum atomic E-state index is 0.435. The number of aryl methyl sites for hydroxylation is 1. The van der Waals surface area contributed by atoms with Gasteiger partial charge >= 0.3 is 0 Å². The lowest BCUT2D eigenvalue weighted by atomic mass is 10.2. The lowest BCUT2D eigenvalue weighted by Crippen LogP contribution is -2.00. The zero-order valence-electron chi connectivity index (χ0n) is 10.2. The van der Waals surface area contributed by atoms with Crippen LogP contribution < -0.4 is 5.73 Å². The number of nitrogens with two attached hydrogens (primary N) is 1. The molecule has 0 bridgehead atoms. The molecule has 0 aliphatic heterocycles. The number of halogens is 2. The fourth-order valence-electron chi connectivity index (χ4n) is 2.12. The average molecular weight is 337 g/mol. The summed E-state index contributed by atoms with van der Waals surface area (Å²) < 4.78 is 2.97. The van der Waals surface area contributed by atoms with E-state index in [1.54, 1.807) is 0 Å². The lowest BCUT2D eigenvalue weighted by Gasteiger charge is -2.08. The van der Waals surface area contributed by atoms with Crippen molar-refractivity contribution >= 4 is 44.5 Å². The average Bonchev–Trinajstić information content (AvgIpc) is 2.71. The summed E-state index contributed by atoms with van der Waals surface area (Å²) in [7, 11) is 0. The maximum Gasteiger partial charge on any atom is 0.205 e. The smallest absolute Gasteiger partial charge is 0.205 e. The van der Waals surface area contributed by atoms with Crippen molar-refractivity contribution in [1.82, 2.24) is 9.55 Å². The van der Waals surface area contributed by atoms with Crippen LogP contribution in [0.25, 0.3) is 16.7 Å². The van der Waals surface area contributed by atoms with E-state index in [2.05, 4.69) is 27.0 Å². The van der Waals surface area contributed by atoms with Crippen molar-refractivity contribution in [2.75, 3.05) is 5.73 Å². The Morgan fingerprint density at radius 3 is 2.79 bits per heavy atom. The van der Waals surface area contributed by atoms with E-state index < -0.39 is 0 Å². The minimum Gasteiger partial charge on any atom is -0.369 e. The van der Waals surface area contributed by atoms with Gasteiger partial charge in [0, 0.05) is 10.2 Å². The van der Waals surface area contributed by atoms with Crippen LogP contribution in [0.15, 0.2) is 40.9 Å². The molecule has 0 saturated heterocycles. The van der Waals surface area contributed by atoms with Gasteiger partial charge in [-0.15, -0.1) is 0 Å². The molecule has 0 spiro atoms. The van der Waals surface area contributed by atoms with E-state index in [9.17, 15) is 0 Å². The molecular formula is C14H11BrClN3. The van der Waals surface area contributed by atoms with Crippen LogP contribution in [0, 0.1) is 6.92 Å². The van der Waals surface area contributed by atoms with Crippen molar-refractivity contribution in [2.45, 2.75) is 6.92 Å². The normalized spacial score (nSPS) is 11.1. The molecule has 0 radical (unpaired) electrons. The molecule has 0 aliphatic rings. The van der Waals surface area contributed by atoms with Crippen molar-refractivity contribution in [3.63, 3.8) is 0 Å². The molecule has 1 heterocycles. The first kappa shape index (κ1) is 12.5. The highest BCUT2D eigenvalue weighted by molar-refractivity contribution is 9.10. The van der Waals surface area contributed by atoms with E-state index in [0.717, 1.165) is 26.8 Å². The SMILES string of the molecule is Cc1cc(-n2c(N)nc3c(Cl)cccc32)ccc1Br. The molecule has 0 saturated carbocycles. The molecule has 2 aromatic carbocycles. The molecular weight excluding hydrogens is 326 g/mol. The fourth-order valence-corrected chi connectivity index (χ4v) is 2.58. The van der Waals surface area contributed by atoms with E-state index in [1.807, 2.05) is 41.8 Å². The molecule has 96 valence electrons. The van der Waals surface area contributed by atoms with Gasteiger partial charge in [-0.25, -0.2) is 4.98 Å². The van der Waals surface area contributed by atoms with Crippen LogP contribution in [0.1, 0.15) is 5.56 Å². The Bertz CT molecular complexity index is 780. The first-order chi connectivity index (χ1) is 9.08. The molecule has 2 N–H and O–H groups in total. The van der Waals surface area contributed by atoms with Crippen molar-refractivity contribution in [3.8, 4) is 5.69 Å². The number of fused-ring (bicyclic) bond motifs is 1. The number of benzene rings is 2. The van der Waals surface area contributed by atoms with Gasteiger partial charge in [-0.2, -0.15) is 0 Å². The second kappa shape index (κ2) is 4.54. The Balaban J connectivity index is 2.33. The number of nitrogens with zero attached hydrogens (tertiary/aromatic N) is 2. The quantitative estimate of drug-likeness (QED) is 0.718. The second-order valence-electron chi connectivity index (χ2n) is 4.35. The molecule has 0 aliphatic carbocycles. The summed E-state index contributed by atoms with van der Waals surface area (Å²) >= 11 is 9.64. The highest BCUT2D eigenvalue weighted by atomic mass is 79.9. The zero-order valence-corrected chi connectivity index (χ0v) is 12.5. The third kappa shape index (κ3) is 2.01. The summed E-state index contributed by atoms with van der Waals surface area (Å²) in [5.74, 6) is 0.435. The molecule has 3 nitrogen and oxygen atoms in total. The number of aromatic nitrogens is 2.